The summed E-state index contributed by atoms with van der Waals surface area (Å²) >= 11 is 5.71. The monoisotopic (exact) mass is 267 g/mol. The lowest BCUT2D eigenvalue weighted by Gasteiger charge is -2.01. The quantitative estimate of drug-likeness (QED) is 0.859. The molecule has 0 atom stereocenters. The van der Waals surface area contributed by atoms with Gasteiger partial charge >= 0.3 is 0 Å². The highest BCUT2D eigenvalue weighted by Crippen LogP contribution is 2.13. The summed E-state index contributed by atoms with van der Waals surface area (Å²) in [5.41, 5.74) is 0.714. The standard InChI is InChI=1S/C11H10ClN3O3/c1-17-6-8-5-9(15-18-8)11(16)14-7-2-3-13-10(12)4-7/h2-5H,6H2,1H3,(H,13,14,16). The van der Waals surface area contributed by atoms with Gasteiger partial charge in [-0.05, 0) is 12.1 Å². The molecule has 0 saturated carbocycles. The van der Waals surface area contributed by atoms with Crippen LogP contribution in [0.3, 0.4) is 0 Å². The molecule has 2 rings (SSSR count). The molecule has 0 radical (unpaired) electrons. The molecule has 1 amide bonds. The van der Waals surface area contributed by atoms with Gasteiger partial charge in [0.05, 0.1) is 0 Å². The van der Waals surface area contributed by atoms with Crippen LogP contribution in [0, 0.1) is 0 Å². The summed E-state index contributed by atoms with van der Waals surface area (Å²) in [7, 11) is 1.53. The largest absolute Gasteiger partial charge is 0.377 e. The lowest BCUT2D eigenvalue weighted by atomic mass is 10.3. The Bertz CT molecular complexity index is 556. The summed E-state index contributed by atoms with van der Waals surface area (Å²) in [5.74, 6) is 0.0961. The highest BCUT2D eigenvalue weighted by Gasteiger charge is 2.12. The Hall–Kier alpha value is -1.92. The number of aromatic nitrogens is 2. The van der Waals surface area contributed by atoms with Crippen LogP contribution in [0.4, 0.5) is 5.69 Å². The summed E-state index contributed by atoms with van der Waals surface area (Å²) < 4.78 is 9.78. The first kappa shape index (κ1) is 12.5. The molecule has 0 aliphatic carbocycles. The van der Waals surface area contributed by atoms with Crippen molar-refractivity contribution in [3.8, 4) is 0 Å². The van der Waals surface area contributed by atoms with Gasteiger partial charge in [0.1, 0.15) is 11.8 Å². The number of halogens is 1. The molecule has 0 fully saturated rings. The summed E-state index contributed by atoms with van der Waals surface area (Å²) in [6.45, 7) is 0.265. The third-order valence-corrected chi connectivity index (χ3v) is 2.27. The number of nitrogens with one attached hydrogen (secondary N) is 1. The van der Waals surface area contributed by atoms with E-state index in [0.29, 0.717) is 16.6 Å². The molecular weight excluding hydrogens is 258 g/mol. The molecule has 0 aliphatic heterocycles. The van der Waals surface area contributed by atoms with Gasteiger partial charge < -0.3 is 14.6 Å². The van der Waals surface area contributed by atoms with E-state index < -0.39 is 0 Å². The molecule has 94 valence electrons. The van der Waals surface area contributed by atoms with Crippen molar-refractivity contribution in [2.45, 2.75) is 6.61 Å². The molecule has 0 bridgehead atoms. The fourth-order valence-corrected chi connectivity index (χ4v) is 1.48. The van der Waals surface area contributed by atoms with Crippen molar-refractivity contribution in [1.82, 2.24) is 10.1 Å². The van der Waals surface area contributed by atoms with Crippen molar-refractivity contribution in [3.63, 3.8) is 0 Å². The maximum absolute atomic E-state index is 11.8. The average Bonchev–Trinajstić information content (AvgIpc) is 2.78. The number of anilines is 1. The third-order valence-electron chi connectivity index (χ3n) is 2.06. The fraction of sp³-hybridized carbons (Fsp3) is 0.182. The average molecular weight is 268 g/mol. The zero-order valence-corrected chi connectivity index (χ0v) is 10.3. The van der Waals surface area contributed by atoms with Crippen LogP contribution in [-0.4, -0.2) is 23.2 Å². The number of ether oxygens (including phenoxy) is 1. The highest BCUT2D eigenvalue weighted by atomic mass is 35.5. The van der Waals surface area contributed by atoms with Crippen molar-refractivity contribution in [1.29, 1.82) is 0 Å². The Morgan fingerprint density at radius 2 is 2.39 bits per heavy atom. The number of carbonyl (C=O) groups is 1. The third kappa shape index (κ3) is 3.06. The van der Waals surface area contributed by atoms with Crippen LogP contribution in [-0.2, 0) is 11.3 Å². The van der Waals surface area contributed by atoms with E-state index in [4.69, 9.17) is 20.9 Å². The lowest BCUT2D eigenvalue weighted by molar-refractivity contribution is 0.101. The summed E-state index contributed by atoms with van der Waals surface area (Å²) in [6, 6.07) is 4.68. The zero-order valence-electron chi connectivity index (χ0n) is 9.51. The fourth-order valence-electron chi connectivity index (χ4n) is 1.31. The molecule has 6 nitrogen and oxygen atoms in total. The Morgan fingerprint density at radius 1 is 1.56 bits per heavy atom. The maximum atomic E-state index is 11.8. The predicted octanol–water partition coefficient (Wildman–Crippen LogP) is 2.12. The minimum absolute atomic E-state index is 0.176. The van der Waals surface area contributed by atoms with Gasteiger partial charge in [0.25, 0.3) is 5.91 Å². The SMILES string of the molecule is COCc1cc(C(=O)Nc2ccnc(Cl)c2)no1. The minimum Gasteiger partial charge on any atom is -0.377 e. The van der Waals surface area contributed by atoms with Gasteiger partial charge in [-0.3, -0.25) is 4.79 Å². The van der Waals surface area contributed by atoms with Crippen LogP contribution < -0.4 is 5.32 Å². The molecule has 2 aromatic rings. The predicted molar refractivity (Wildman–Crippen MR) is 64.4 cm³/mol. The van der Waals surface area contributed by atoms with Crippen LogP contribution in [0.25, 0.3) is 0 Å². The molecule has 1 N–H and O–H groups in total. The molecule has 0 unspecified atom stereocenters. The topological polar surface area (TPSA) is 77.2 Å². The van der Waals surface area contributed by atoms with Gasteiger partial charge in [-0.15, -0.1) is 0 Å². The van der Waals surface area contributed by atoms with Crippen molar-refractivity contribution >= 4 is 23.2 Å². The van der Waals surface area contributed by atoms with Crippen LogP contribution in [0.2, 0.25) is 5.15 Å². The summed E-state index contributed by atoms with van der Waals surface area (Å²) in [6.07, 6.45) is 1.50. The first-order valence-electron chi connectivity index (χ1n) is 5.06. The number of rotatable bonds is 4. The molecule has 7 heteroatoms. The summed E-state index contributed by atoms with van der Waals surface area (Å²) in [5, 5.41) is 6.56. The number of hydrogen-bond donors (Lipinski definition) is 1. The van der Waals surface area contributed by atoms with Crippen molar-refractivity contribution in [3.05, 3.63) is 41.0 Å². The van der Waals surface area contributed by atoms with E-state index in [1.807, 2.05) is 0 Å². The second-order valence-electron chi connectivity index (χ2n) is 3.43. The second-order valence-corrected chi connectivity index (χ2v) is 3.82. The maximum Gasteiger partial charge on any atom is 0.277 e. The highest BCUT2D eigenvalue weighted by molar-refractivity contribution is 6.29. The van der Waals surface area contributed by atoms with E-state index in [9.17, 15) is 4.79 Å². The first-order chi connectivity index (χ1) is 8.69. The van der Waals surface area contributed by atoms with Gasteiger partial charge in [0.15, 0.2) is 11.5 Å². The van der Waals surface area contributed by atoms with Crippen LogP contribution in [0.5, 0.6) is 0 Å². The Labute approximate surface area is 108 Å². The Morgan fingerprint density at radius 3 is 3.11 bits per heavy atom. The molecule has 0 aromatic carbocycles. The smallest absolute Gasteiger partial charge is 0.277 e. The normalized spacial score (nSPS) is 10.3. The molecule has 0 aliphatic rings. The molecular formula is C11H10ClN3O3. The van der Waals surface area contributed by atoms with Gasteiger partial charge in [0, 0.05) is 25.1 Å². The molecule has 2 aromatic heterocycles. The lowest BCUT2D eigenvalue weighted by Crippen LogP contribution is -2.12. The number of carbonyl (C=O) groups excluding carboxylic acids is 1. The van der Waals surface area contributed by atoms with E-state index in [-0.39, 0.29) is 18.2 Å². The van der Waals surface area contributed by atoms with Crippen molar-refractivity contribution < 1.29 is 14.1 Å². The van der Waals surface area contributed by atoms with E-state index in [1.54, 1.807) is 6.07 Å². The van der Waals surface area contributed by atoms with Gasteiger partial charge in [-0.1, -0.05) is 16.8 Å². The number of amides is 1. The van der Waals surface area contributed by atoms with Crippen LogP contribution >= 0.6 is 11.6 Å². The first-order valence-corrected chi connectivity index (χ1v) is 5.44. The van der Waals surface area contributed by atoms with Gasteiger partial charge in [-0.2, -0.15) is 0 Å². The number of methoxy groups -OCH3 is 1. The Balaban J connectivity index is 2.07. The van der Waals surface area contributed by atoms with Gasteiger partial charge in [-0.25, -0.2) is 4.98 Å². The summed E-state index contributed by atoms with van der Waals surface area (Å²) in [4.78, 5) is 15.6. The number of nitrogens with zero attached hydrogens (tertiary/aromatic N) is 2. The molecule has 0 saturated heterocycles. The van der Waals surface area contributed by atoms with Crippen LogP contribution in [0.15, 0.2) is 28.9 Å². The molecule has 2 heterocycles. The van der Waals surface area contributed by atoms with Crippen LogP contribution in [0.1, 0.15) is 16.2 Å². The minimum atomic E-state index is -0.386. The van der Waals surface area contributed by atoms with Gasteiger partial charge in [0.2, 0.25) is 0 Å². The number of pyridine rings is 1. The Kier molecular flexibility index (Phi) is 3.91. The van der Waals surface area contributed by atoms with E-state index in [2.05, 4.69) is 15.5 Å². The number of hydrogen-bond acceptors (Lipinski definition) is 5. The molecule has 0 spiro atoms. The molecule has 18 heavy (non-hydrogen) atoms. The van der Waals surface area contributed by atoms with E-state index >= 15 is 0 Å². The van der Waals surface area contributed by atoms with Crippen molar-refractivity contribution in [2.24, 2.45) is 0 Å². The second kappa shape index (κ2) is 5.61. The zero-order chi connectivity index (χ0) is 13.0. The van der Waals surface area contributed by atoms with Crippen molar-refractivity contribution in [2.75, 3.05) is 12.4 Å². The van der Waals surface area contributed by atoms with E-state index in [1.165, 1.54) is 25.4 Å². The van der Waals surface area contributed by atoms with E-state index in [0.717, 1.165) is 0 Å².